The van der Waals surface area contributed by atoms with Crippen molar-refractivity contribution in [2.24, 2.45) is 5.73 Å². The highest BCUT2D eigenvalue weighted by Crippen LogP contribution is 2.28. The molecule has 0 bridgehead atoms. The maximum absolute atomic E-state index is 11.7. The average Bonchev–Trinajstić information content (AvgIpc) is 2.36. The van der Waals surface area contributed by atoms with Gasteiger partial charge < -0.3 is 11.1 Å². The van der Waals surface area contributed by atoms with Gasteiger partial charge in [-0.05, 0) is 42.3 Å². The van der Waals surface area contributed by atoms with Crippen LogP contribution in [0, 0.1) is 6.92 Å². The zero-order valence-electron chi connectivity index (χ0n) is 10.9. The molecular weight excluding hydrogens is 340 g/mol. The molecule has 1 atom stereocenters. The molecule has 0 saturated carbocycles. The summed E-state index contributed by atoms with van der Waals surface area (Å²) in [5.41, 5.74) is 8.15. The number of carbonyl (C=O) groups excluding carboxylic acids is 1. The molecule has 3 nitrogen and oxygen atoms in total. The molecule has 0 spiro atoms. The summed E-state index contributed by atoms with van der Waals surface area (Å²) < 4.78 is 0.843. The topological polar surface area (TPSA) is 55.1 Å². The summed E-state index contributed by atoms with van der Waals surface area (Å²) in [7, 11) is 0. The number of anilines is 1. The van der Waals surface area contributed by atoms with Crippen LogP contribution in [0.4, 0.5) is 5.69 Å². The maximum atomic E-state index is 11.7. The number of primary amides is 1. The zero-order valence-corrected chi connectivity index (χ0v) is 13.2. The molecule has 0 aliphatic rings. The number of nitrogens with two attached hydrogens (primary N) is 1. The van der Waals surface area contributed by atoms with E-state index in [-0.39, 0.29) is 0 Å². The Hall–Kier alpha value is -1.52. The molecule has 2 aromatic carbocycles. The Morgan fingerprint density at radius 3 is 2.65 bits per heavy atom. The van der Waals surface area contributed by atoms with Gasteiger partial charge in [0.1, 0.15) is 6.04 Å². The van der Waals surface area contributed by atoms with Crippen LogP contribution in [0.15, 0.2) is 46.9 Å². The summed E-state index contributed by atoms with van der Waals surface area (Å²) in [5.74, 6) is -0.450. The lowest BCUT2D eigenvalue weighted by molar-refractivity contribution is -0.118. The van der Waals surface area contributed by atoms with Gasteiger partial charge in [0.05, 0.1) is 0 Å². The second-order valence-corrected chi connectivity index (χ2v) is 5.81. The van der Waals surface area contributed by atoms with Gasteiger partial charge in [0.2, 0.25) is 5.91 Å². The first-order valence-corrected chi connectivity index (χ1v) is 7.22. The number of hydrogen-bond donors (Lipinski definition) is 2. The monoisotopic (exact) mass is 352 g/mol. The van der Waals surface area contributed by atoms with E-state index in [0.717, 1.165) is 21.3 Å². The van der Waals surface area contributed by atoms with Gasteiger partial charge in [-0.3, -0.25) is 4.79 Å². The number of carbonyl (C=O) groups is 1. The Balaban J connectivity index is 2.34. The lowest BCUT2D eigenvalue weighted by Gasteiger charge is -2.19. The normalized spacial score (nSPS) is 11.9. The number of aryl methyl sites for hydroxylation is 1. The van der Waals surface area contributed by atoms with Crippen LogP contribution in [0.1, 0.15) is 17.2 Å². The second-order valence-electron chi connectivity index (χ2n) is 4.52. The van der Waals surface area contributed by atoms with E-state index in [4.69, 9.17) is 17.3 Å². The molecule has 2 aromatic rings. The van der Waals surface area contributed by atoms with Crippen LogP contribution in [0.3, 0.4) is 0 Å². The molecule has 0 aromatic heterocycles. The van der Waals surface area contributed by atoms with Crippen molar-refractivity contribution in [3.8, 4) is 0 Å². The summed E-state index contributed by atoms with van der Waals surface area (Å²) in [4.78, 5) is 11.7. The number of halogens is 2. The van der Waals surface area contributed by atoms with Gasteiger partial charge in [-0.1, -0.05) is 45.7 Å². The van der Waals surface area contributed by atoms with Crippen molar-refractivity contribution >= 4 is 39.1 Å². The van der Waals surface area contributed by atoms with E-state index in [0.29, 0.717) is 5.02 Å². The molecule has 0 heterocycles. The Morgan fingerprint density at radius 2 is 2.05 bits per heavy atom. The van der Waals surface area contributed by atoms with Gasteiger partial charge in [-0.15, -0.1) is 0 Å². The Bertz CT molecular complexity index is 646. The first-order valence-electron chi connectivity index (χ1n) is 6.05. The summed E-state index contributed by atoms with van der Waals surface area (Å²) in [6.07, 6.45) is 0. The smallest absolute Gasteiger partial charge is 0.244 e. The fourth-order valence-electron chi connectivity index (χ4n) is 1.91. The number of rotatable bonds is 4. The van der Waals surface area contributed by atoms with Crippen molar-refractivity contribution in [3.05, 3.63) is 63.1 Å². The molecule has 2 rings (SSSR count). The SMILES string of the molecule is Cc1ccc(C(Nc2cccc(Cl)c2)C(N)=O)c(Br)c1. The molecule has 0 radical (unpaired) electrons. The molecule has 0 aliphatic carbocycles. The number of amides is 1. The molecule has 1 amide bonds. The lowest BCUT2D eigenvalue weighted by atomic mass is 10.0. The Morgan fingerprint density at radius 1 is 1.30 bits per heavy atom. The van der Waals surface area contributed by atoms with E-state index in [1.807, 2.05) is 37.3 Å². The molecule has 0 aliphatic heterocycles. The van der Waals surface area contributed by atoms with Gasteiger partial charge in [0.25, 0.3) is 0 Å². The summed E-state index contributed by atoms with van der Waals surface area (Å²) in [5, 5.41) is 3.71. The van der Waals surface area contributed by atoms with Crippen LogP contribution in [-0.2, 0) is 4.79 Å². The minimum Gasteiger partial charge on any atom is -0.370 e. The Kier molecular flexibility index (Phi) is 4.68. The van der Waals surface area contributed by atoms with Gasteiger partial charge in [-0.2, -0.15) is 0 Å². The van der Waals surface area contributed by atoms with E-state index in [1.54, 1.807) is 12.1 Å². The quantitative estimate of drug-likeness (QED) is 0.871. The number of hydrogen-bond acceptors (Lipinski definition) is 2. The maximum Gasteiger partial charge on any atom is 0.244 e. The average molecular weight is 354 g/mol. The third-order valence-corrected chi connectivity index (χ3v) is 3.81. The molecule has 0 saturated heterocycles. The summed E-state index contributed by atoms with van der Waals surface area (Å²) in [6.45, 7) is 1.98. The molecule has 3 N–H and O–H groups in total. The molecular formula is C15H14BrClN2O. The predicted molar refractivity (Wildman–Crippen MR) is 85.9 cm³/mol. The molecule has 20 heavy (non-hydrogen) atoms. The number of benzene rings is 2. The summed E-state index contributed by atoms with van der Waals surface area (Å²) in [6, 6.07) is 12.3. The second kappa shape index (κ2) is 6.29. The van der Waals surface area contributed by atoms with E-state index < -0.39 is 11.9 Å². The van der Waals surface area contributed by atoms with Gasteiger partial charge >= 0.3 is 0 Å². The highest BCUT2D eigenvalue weighted by molar-refractivity contribution is 9.10. The summed E-state index contributed by atoms with van der Waals surface area (Å²) >= 11 is 9.41. The third kappa shape index (κ3) is 3.52. The van der Waals surface area contributed by atoms with Gasteiger partial charge in [-0.25, -0.2) is 0 Å². The fourth-order valence-corrected chi connectivity index (χ4v) is 2.83. The van der Waals surface area contributed by atoms with Crippen LogP contribution in [0.2, 0.25) is 5.02 Å². The van der Waals surface area contributed by atoms with Crippen molar-refractivity contribution in [2.75, 3.05) is 5.32 Å². The van der Waals surface area contributed by atoms with Crippen LogP contribution in [0.25, 0.3) is 0 Å². The first kappa shape index (κ1) is 14.9. The first-order chi connectivity index (χ1) is 9.47. The van der Waals surface area contributed by atoms with Crippen molar-refractivity contribution in [2.45, 2.75) is 13.0 Å². The Labute approximate surface area is 131 Å². The van der Waals surface area contributed by atoms with Crippen molar-refractivity contribution < 1.29 is 4.79 Å². The van der Waals surface area contributed by atoms with Crippen LogP contribution in [-0.4, -0.2) is 5.91 Å². The van der Waals surface area contributed by atoms with Gasteiger partial charge in [0, 0.05) is 15.2 Å². The molecule has 0 fully saturated rings. The van der Waals surface area contributed by atoms with Crippen molar-refractivity contribution in [3.63, 3.8) is 0 Å². The highest BCUT2D eigenvalue weighted by Gasteiger charge is 2.20. The van der Waals surface area contributed by atoms with E-state index in [9.17, 15) is 4.79 Å². The minimum atomic E-state index is -0.622. The van der Waals surface area contributed by atoms with E-state index >= 15 is 0 Å². The third-order valence-electron chi connectivity index (χ3n) is 2.89. The fraction of sp³-hybridized carbons (Fsp3) is 0.133. The molecule has 104 valence electrons. The van der Waals surface area contributed by atoms with Crippen molar-refractivity contribution in [1.29, 1.82) is 0 Å². The van der Waals surface area contributed by atoms with Crippen LogP contribution >= 0.6 is 27.5 Å². The van der Waals surface area contributed by atoms with Crippen molar-refractivity contribution in [1.82, 2.24) is 0 Å². The standard InChI is InChI=1S/C15H14BrClN2O/c1-9-5-6-12(13(16)7-9)14(15(18)20)19-11-4-2-3-10(17)8-11/h2-8,14,19H,1H3,(H2,18,20). The van der Waals surface area contributed by atoms with E-state index in [2.05, 4.69) is 21.2 Å². The van der Waals surface area contributed by atoms with E-state index in [1.165, 1.54) is 0 Å². The minimum absolute atomic E-state index is 0.450. The lowest BCUT2D eigenvalue weighted by Crippen LogP contribution is -2.28. The highest BCUT2D eigenvalue weighted by atomic mass is 79.9. The van der Waals surface area contributed by atoms with Crippen LogP contribution < -0.4 is 11.1 Å². The predicted octanol–water partition coefficient (Wildman–Crippen LogP) is 4.05. The largest absolute Gasteiger partial charge is 0.370 e. The zero-order chi connectivity index (χ0) is 14.7. The van der Waals surface area contributed by atoms with Crippen LogP contribution in [0.5, 0.6) is 0 Å². The molecule has 1 unspecified atom stereocenters. The number of nitrogens with one attached hydrogen (secondary N) is 1. The molecule has 5 heteroatoms. The van der Waals surface area contributed by atoms with Gasteiger partial charge in [0.15, 0.2) is 0 Å².